The minimum atomic E-state index is -0.589. The highest BCUT2D eigenvalue weighted by Crippen LogP contribution is 2.31. The van der Waals surface area contributed by atoms with Crippen molar-refractivity contribution >= 4 is 46.0 Å². The molecule has 1 saturated heterocycles. The molecule has 3 aromatic rings. The first-order valence-corrected chi connectivity index (χ1v) is 12.0. The third-order valence-electron chi connectivity index (χ3n) is 5.92. The summed E-state index contributed by atoms with van der Waals surface area (Å²) in [6.07, 6.45) is -0.405. The van der Waals surface area contributed by atoms with E-state index in [9.17, 15) is 9.90 Å². The van der Waals surface area contributed by atoms with E-state index in [1.165, 1.54) is 0 Å². The zero-order valence-electron chi connectivity index (χ0n) is 19.7. The van der Waals surface area contributed by atoms with Gasteiger partial charge >= 0.3 is 6.09 Å². The van der Waals surface area contributed by atoms with Crippen molar-refractivity contribution in [3.8, 4) is 0 Å². The Bertz CT molecular complexity index is 1190. The number of ether oxygens (including phenoxy) is 1. The smallest absolute Gasteiger partial charge is 0.410 e. The van der Waals surface area contributed by atoms with Crippen molar-refractivity contribution in [1.29, 1.82) is 0 Å². The first-order chi connectivity index (χ1) is 16.1. The fraction of sp³-hybridized carbons (Fsp3) is 0.458. The van der Waals surface area contributed by atoms with Gasteiger partial charge in [0.2, 0.25) is 0 Å². The molecule has 2 heterocycles. The van der Waals surface area contributed by atoms with Gasteiger partial charge in [0.25, 0.3) is 0 Å². The van der Waals surface area contributed by atoms with Crippen LogP contribution in [0.2, 0.25) is 10.0 Å². The maximum Gasteiger partial charge on any atom is 0.410 e. The molecular formula is C24H29Cl2N5O3. The number of amides is 1. The predicted molar refractivity (Wildman–Crippen MR) is 134 cm³/mol. The molecule has 2 aromatic carbocycles. The average Bonchev–Trinajstić information content (AvgIpc) is 3.20. The van der Waals surface area contributed by atoms with Crippen LogP contribution in [0.3, 0.4) is 0 Å². The lowest BCUT2D eigenvalue weighted by Gasteiger charge is -2.42. The molecule has 10 heteroatoms. The van der Waals surface area contributed by atoms with Crippen LogP contribution in [0, 0.1) is 0 Å². The number of rotatable bonds is 4. The summed E-state index contributed by atoms with van der Waals surface area (Å²) in [5, 5.41) is 19.8. The third-order valence-corrected chi connectivity index (χ3v) is 6.48. The molecule has 8 nitrogen and oxygen atoms in total. The summed E-state index contributed by atoms with van der Waals surface area (Å²) < 4.78 is 7.36. The number of aliphatic hydroxyl groups is 1. The molecule has 182 valence electrons. The Kier molecular flexibility index (Phi) is 6.94. The monoisotopic (exact) mass is 505 g/mol. The van der Waals surface area contributed by atoms with Crippen molar-refractivity contribution in [2.24, 2.45) is 0 Å². The Morgan fingerprint density at radius 2 is 1.97 bits per heavy atom. The Hall–Kier alpha value is -2.55. The second-order valence-electron chi connectivity index (χ2n) is 9.50. The summed E-state index contributed by atoms with van der Waals surface area (Å²) in [6.45, 7) is 8.91. The molecule has 1 N–H and O–H groups in total. The van der Waals surface area contributed by atoms with E-state index in [1.54, 1.807) is 11.0 Å². The number of benzene rings is 2. The van der Waals surface area contributed by atoms with Crippen LogP contribution >= 0.6 is 23.2 Å². The highest BCUT2D eigenvalue weighted by atomic mass is 35.5. The van der Waals surface area contributed by atoms with E-state index in [2.05, 4.69) is 15.2 Å². The molecule has 1 amide bonds. The van der Waals surface area contributed by atoms with Gasteiger partial charge in [0.15, 0.2) is 0 Å². The first-order valence-electron chi connectivity index (χ1n) is 11.2. The summed E-state index contributed by atoms with van der Waals surface area (Å²) in [6, 6.07) is 10.9. The van der Waals surface area contributed by atoms with E-state index in [4.69, 9.17) is 27.9 Å². The fourth-order valence-electron chi connectivity index (χ4n) is 4.19. The number of aliphatic hydroxyl groups excluding tert-OH is 1. The summed E-state index contributed by atoms with van der Waals surface area (Å²) in [4.78, 5) is 16.4. The molecule has 0 spiro atoms. The average molecular weight is 506 g/mol. The summed E-state index contributed by atoms with van der Waals surface area (Å²) in [5.74, 6) is 0. The molecular weight excluding hydrogens is 477 g/mol. The summed E-state index contributed by atoms with van der Waals surface area (Å²) >= 11 is 12.5. The lowest BCUT2D eigenvalue weighted by atomic mass is 10.1. The predicted octanol–water partition coefficient (Wildman–Crippen LogP) is 4.77. The molecule has 0 saturated carbocycles. The van der Waals surface area contributed by atoms with Gasteiger partial charge in [0, 0.05) is 35.4 Å². The third kappa shape index (κ3) is 5.09. The molecule has 1 fully saturated rings. The van der Waals surface area contributed by atoms with Gasteiger partial charge in [-0.3, -0.25) is 4.90 Å². The van der Waals surface area contributed by atoms with Gasteiger partial charge in [-0.1, -0.05) is 34.5 Å². The first kappa shape index (κ1) is 24.6. The number of hydrogen-bond donors (Lipinski definition) is 1. The highest BCUT2D eigenvalue weighted by molar-refractivity contribution is 6.35. The van der Waals surface area contributed by atoms with Crippen molar-refractivity contribution in [2.75, 3.05) is 31.1 Å². The number of halogens is 2. The minimum Gasteiger partial charge on any atom is -0.444 e. The van der Waals surface area contributed by atoms with Crippen molar-refractivity contribution in [3.63, 3.8) is 0 Å². The highest BCUT2D eigenvalue weighted by Gasteiger charge is 2.33. The summed E-state index contributed by atoms with van der Waals surface area (Å²) in [5.41, 5.74) is 2.91. The van der Waals surface area contributed by atoms with Crippen LogP contribution in [-0.2, 0) is 4.74 Å². The van der Waals surface area contributed by atoms with Gasteiger partial charge in [-0.25, -0.2) is 9.48 Å². The van der Waals surface area contributed by atoms with Gasteiger partial charge in [-0.15, -0.1) is 5.10 Å². The van der Waals surface area contributed by atoms with Gasteiger partial charge in [-0.2, -0.15) is 0 Å². The molecule has 1 aliphatic heterocycles. The van der Waals surface area contributed by atoms with Crippen LogP contribution in [0.25, 0.3) is 11.0 Å². The molecule has 4 rings (SSSR count). The largest absolute Gasteiger partial charge is 0.444 e. The Labute approximate surface area is 209 Å². The van der Waals surface area contributed by atoms with E-state index in [0.717, 1.165) is 22.3 Å². The van der Waals surface area contributed by atoms with Gasteiger partial charge in [-0.05, 0) is 63.6 Å². The Morgan fingerprint density at radius 1 is 1.21 bits per heavy atom. The normalized spacial score (nSPS) is 17.8. The number of hydrogen-bond acceptors (Lipinski definition) is 6. The van der Waals surface area contributed by atoms with Crippen molar-refractivity contribution in [3.05, 3.63) is 52.0 Å². The molecule has 34 heavy (non-hydrogen) atoms. The Balaban J connectivity index is 1.58. The zero-order valence-corrected chi connectivity index (χ0v) is 21.2. The van der Waals surface area contributed by atoms with Gasteiger partial charge < -0.3 is 14.7 Å². The van der Waals surface area contributed by atoms with Crippen LogP contribution in [0.15, 0.2) is 36.4 Å². The second kappa shape index (κ2) is 9.60. The van der Waals surface area contributed by atoms with Crippen LogP contribution in [0.5, 0.6) is 0 Å². The van der Waals surface area contributed by atoms with Gasteiger partial charge in [0.1, 0.15) is 11.1 Å². The number of aromatic nitrogens is 3. The number of fused-ring (bicyclic) bond motifs is 1. The molecule has 0 bridgehead atoms. The molecule has 1 aliphatic rings. The van der Waals surface area contributed by atoms with Crippen LogP contribution in [0.1, 0.15) is 39.3 Å². The van der Waals surface area contributed by atoms with Crippen molar-refractivity contribution in [1.82, 2.24) is 19.9 Å². The SMILES string of the molecule is C[C@H](c1ccc(Cl)cc1Cl)n1nnc2ccc(N3CCN(C(=O)OC(C)(C)C)C(CO)C3)cc21. The molecule has 1 unspecified atom stereocenters. The lowest BCUT2D eigenvalue weighted by Crippen LogP contribution is -2.57. The second-order valence-corrected chi connectivity index (χ2v) is 10.3. The number of nitrogens with zero attached hydrogens (tertiary/aromatic N) is 5. The molecule has 1 aromatic heterocycles. The minimum absolute atomic E-state index is 0.149. The van der Waals surface area contributed by atoms with Crippen LogP contribution < -0.4 is 4.90 Å². The maximum absolute atomic E-state index is 12.6. The lowest BCUT2D eigenvalue weighted by molar-refractivity contribution is 0.00704. The van der Waals surface area contributed by atoms with Crippen molar-refractivity contribution in [2.45, 2.75) is 45.4 Å². The quantitative estimate of drug-likeness (QED) is 0.549. The van der Waals surface area contributed by atoms with E-state index in [-0.39, 0.29) is 18.7 Å². The maximum atomic E-state index is 12.6. The number of piperazine rings is 1. The zero-order chi connectivity index (χ0) is 24.6. The van der Waals surface area contributed by atoms with E-state index in [0.29, 0.717) is 29.7 Å². The number of anilines is 1. The Morgan fingerprint density at radius 3 is 2.65 bits per heavy atom. The van der Waals surface area contributed by atoms with Crippen LogP contribution in [0.4, 0.5) is 10.5 Å². The number of carbonyl (C=O) groups is 1. The number of carbonyl (C=O) groups excluding carboxylic acids is 1. The topological polar surface area (TPSA) is 83.7 Å². The molecule has 0 aliphatic carbocycles. The van der Waals surface area contributed by atoms with Crippen LogP contribution in [-0.4, -0.2) is 69.0 Å². The van der Waals surface area contributed by atoms with E-state index in [1.807, 2.05) is 62.7 Å². The van der Waals surface area contributed by atoms with E-state index >= 15 is 0 Å². The standard InChI is InChI=1S/C24H29Cl2N5O3/c1-15(19-7-5-16(25)11-20(19)26)31-22-12-17(6-8-21(22)27-28-31)29-9-10-30(18(13-29)14-32)23(33)34-24(2,3)4/h5-8,11-12,15,18,32H,9-10,13-14H2,1-4H3/t15-,18?/m1/s1. The molecule has 2 atom stereocenters. The summed E-state index contributed by atoms with van der Waals surface area (Å²) in [7, 11) is 0. The van der Waals surface area contributed by atoms with E-state index < -0.39 is 11.7 Å². The fourth-order valence-corrected chi connectivity index (χ4v) is 4.75. The van der Waals surface area contributed by atoms with Crippen molar-refractivity contribution < 1.29 is 14.6 Å². The molecule has 0 radical (unpaired) electrons. The van der Waals surface area contributed by atoms with Gasteiger partial charge in [0.05, 0.1) is 24.2 Å².